The summed E-state index contributed by atoms with van der Waals surface area (Å²) in [4.78, 5) is 2.47. The number of hydrogen-bond donors (Lipinski definition) is 1. The molecule has 3 atom stereocenters. The highest BCUT2D eigenvalue weighted by atomic mass is 16.5. The van der Waals surface area contributed by atoms with Crippen molar-refractivity contribution >= 4 is 0 Å². The number of ether oxygens (including phenoxy) is 2. The molecule has 1 heterocycles. The topological polar surface area (TPSA) is 47.7 Å². The molecule has 2 N–H and O–H groups in total. The lowest BCUT2D eigenvalue weighted by Crippen LogP contribution is -2.74. The highest BCUT2D eigenvalue weighted by Gasteiger charge is 2.59. The van der Waals surface area contributed by atoms with Crippen LogP contribution in [0.3, 0.4) is 0 Å². The van der Waals surface area contributed by atoms with Crippen LogP contribution in [0, 0.1) is 5.41 Å². The minimum atomic E-state index is -0.153. The van der Waals surface area contributed by atoms with Crippen LogP contribution in [-0.4, -0.2) is 54.5 Å². The molecule has 0 radical (unpaired) electrons. The molecule has 0 aromatic heterocycles. The van der Waals surface area contributed by atoms with Gasteiger partial charge in [0.25, 0.3) is 0 Å². The standard InChI is InChI=1S/C16H32N2O2/c1-7-19-13-8-16(17,15(13,5)6)11-18-9-12(2)20-14(3,4)10-18/h12-13H,7-11,17H2,1-6H3. The van der Waals surface area contributed by atoms with Gasteiger partial charge in [-0.3, -0.25) is 4.90 Å². The second-order valence-electron chi connectivity index (χ2n) is 7.88. The van der Waals surface area contributed by atoms with Crippen LogP contribution in [0.1, 0.15) is 48.0 Å². The minimum absolute atomic E-state index is 0.0364. The number of rotatable bonds is 4. The van der Waals surface area contributed by atoms with Gasteiger partial charge >= 0.3 is 0 Å². The third-order valence-electron chi connectivity index (χ3n) is 5.15. The maximum Gasteiger partial charge on any atom is 0.0757 e. The lowest BCUT2D eigenvalue weighted by atomic mass is 9.54. The smallest absolute Gasteiger partial charge is 0.0757 e. The first kappa shape index (κ1) is 16.2. The van der Waals surface area contributed by atoms with Crippen molar-refractivity contribution in [2.75, 3.05) is 26.2 Å². The van der Waals surface area contributed by atoms with Crippen LogP contribution in [-0.2, 0) is 9.47 Å². The first-order valence-electron chi connectivity index (χ1n) is 7.90. The van der Waals surface area contributed by atoms with Crippen LogP contribution < -0.4 is 5.73 Å². The predicted octanol–water partition coefficient (Wildman–Crippen LogP) is 2.02. The Bertz CT molecular complexity index is 356. The van der Waals surface area contributed by atoms with Crippen LogP contribution in [0.4, 0.5) is 0 Å². The monoisotopic (exact) mass is 284 g/mol. The van der Waals surface area contributed by atoms with Crippen molar-refractivity contribution in [3.8, 4) is 0 Å². The molecular weight excluding hydrogens is 252 g/mol. The Kier molecular flexibility index (Phi) is 4.25. The van der Waals surface area contributed by atoms with Crippen molar-refractivity contribution in [3.63, 3.8) is 0 Å². The third-order valence-corrected chi connectivity index (χ3v) is 5.15. The molecule has 2 rings (SSSR count). The Labute approximate surface area is 124 Å². The highest BCUT2D eigenvalue weighted by molar-refractivity contribution is 5.15. The Morgan fingerprint density at radius 3 is 2.45 bits per heavy atom. The lowest BCUT2D eigenvalue weighted by Gasteiger charge is -2.61. The summed E-state index contributed by atoms with van der Waals surface area (Å²) in [6.07, 6.45) is 1.53. The first-order chi connectivity index (χ1) is 9.10. The zero-order chi connectivity index (χ0) is 15.2. The Balaban J connectivity index is 2.00. The van der Waals surface area contributed by atoms with Crippen LogP contribution in [0.5, 0.6) is 0 Å². The number of hydrogen-bond acceptors (Lipinski definition) is 4. The second-order valence-corrected chi connectivity index (χ2v) is 7.88. The van der Waals surface area contributed by atoms with E-state index in [9.17, 15) is 0 Å². The van der Waals surface area contributed by atoms with E-state index in [1.165, 1.54) is 0 Å². The summed E-state index contributed by atoms with van der Waals surface area (Å²) >= 11 is 0. The van der Waals surface area contributed by atoms with E-state index in [2.05, 4.69) is 46.4 Å². The SMILES string of the molecule is CCOC1CC(N)(CN2CC(C)OC(C)(C)C2)C1(C)C. The molecule has 118 valence electrons. The van der Waals surface area contributed by atoms with Gasteiger partial charge in [-0.25, -0.2) is 0 Å². The lowest BCUT2D eigenvalue weighted by molar-refractivity contribution is -0.176. The first-order valence-corrected chi connectivity index (χ1v) is 7.90. The summed E-state index contributed by atoms with van der Waals surface area (Å²) in [6, 6.07) is 0. The molecular formula is C16H32N2O2. The molecule has 4 nitrogen and oxygen atoms in total. The maximum absolute atomic E-state index is 6.70. The summed E-state index contributed by atoms with van der Waals surface area (Å²) in [7, 11) is 0. The second kappa shape index (κ2) is 5.24. The molecule has 2 aliphatic rings. The van der Waals surface area contributed by atoms with E-state index in [-0.39, 0.29) is 22.7 Å². The van der Waals surface area contributed by atoms with E-state index in [4.69, 9.17) is 15.2 Å². The van der Waals surface area contributed by atoms with Gasteiger partial charge in [-0.15, -0.1) is 0 Å². The van der Waals surface area contributed by atoms with Gasteiger partial charge in [-0.1, -0.05) is 13.8 Å². The average molecular weight is 284 g/mol. The summed E-state index contributed by atoms with van der Waals surface area (Å²) in [5, 5.41) is 0. The van der Waals surface area contributed by atoms with Gasteiger partial charge in [-0.05, 0) is 34.1 Å². The van der Waals surface area contributed by atoms with Gasteiger partial charge in [0.15, 0.2) is 0 Å². The molecule has 0 spiro atoms. The molecule has 1 saturated heterocycles. The summed E-state index contributed by atoms with van der Waals surface area (Å²) in [6.45, 7) is 16.6. The summed E-state index contributed by atoms with van der Waals surface area (Å²) in [5.41, 5.74) is 6.51. The van der Waals surface area contributed by atoms with Gasteiger partial charge in [0.2, 0.25) is 0 Å². The fourth-order valence-electron chi connectivity index (χ4n) is 3.88. The largest absolute Gasteiger partial charge is 0.378 e. The molecule has 3 unspecified atom stereocenters. The molecule has 0 aromatic rings. The Morgan fingerprint density at radius 2 is 1.95 bits per heavy atom. The fourth-order valence-corrected chi connectivity index (χ4v) is 3.88. The van der Waals surface area contributed by atoms with Crippen molar-refractivity contribution in [1.82, 2.24) is 4.90 Å². The quantitative estimate of drug-likeness (QED) is 0.858. The molecule has 1 aliphatic heterocycles. The van der Waals surface area contributed by atoms with Gasteiger partial charge in [0.05, 0.1) is 17.8 Å². The molecule has 0 aromatic carbocycles. The Morgan fingerprint density at radius 1 is 1.30 bits per heavy atom. The van der Waals surface area contributed by atoms with E-state index in [0.717, 1.165) is 32.7 Å². The molecule has 2 fully saturated rings. The van der Waals surface area contributed by atoms with Crippen molar-refractivity contribution in [3.05, 3.63) is 0 Å². The van der Waals surface area contributed by atoms with Gasteiger partial charge in [-0.2, -0.15) is 0 Å². The normalized spacial score (nSPS) is 40.4. The van der Waals surface area contributed by atoms with Gasteiger partial charge in [0, 0.05) is 37.2 Å². The zero-order valence-electron chi connectivity index (χ0n) is 14.0. The van der Waals surface area contributed by atoms with Crippen LogP contribution in [0.15, 0.2) is 0 Å². The molecule has 1 saturated carbocycles. The molecule has 0 bridgehead atoms. The van der Waals surface area contributed by atoms with Crippen molar-refractivity contribution in [2.45, 2.75) is 71.3 Å². The minimum Gasteiger partial charge on any atom is -0.378 e. The predicted molar refractivity (Wildman–Crippen MR) is 81.8 cm³/mol. The van der Waals surface area contributed by atoms with E-state index in [0.29, 0.717) is 6.10 Å². The van der Waals surface area contributed by atoms with Crippen LogP contribution in [0.2, 0.25) is 0 Å². The van der Waals surface area contributed by atoms with Crippen molar-refractivity contribution in [2.24, 2.45) is 11.1 Å². The molecule has 1 aliphatic carbocycles. The number of morpholine rings is 1. The van der Waals surface area contributed by atoms with Crippen molar-refractivity contribution < 1.29 is 9.47 Å². The van der Waals surface area contributed by atoms with Gasteiger partial charge < -0.3 is 15.2 Å². The molecule has 20 heavy (non-hydrogen) atoms. The average Bonchev–Trinajstić information content (AvgIpc) is 2.25. The van der Waals surface area contributed by atoms with Gasteiger partial charge in [0.1, 0.15) is 0 Å². The zero-order valence-corrected chi connectivity index (χ0v) is 14.0. The van der Waals surface area contributed by atoms with Crippen molar-refractivity contribution in [1.29, 1.82) is 0 Å². The van der Waals surface area contributed by atoms with Crippen LogP contribution >= 0.6 is 0 Å². The van der Waals surface area contributed by atoms with E-state index >= 15 is 0 Å². The van der Waals surface area contributed by atoms with E-state index in [1.54, 1.807) is 0 Å². The van der Waals surface area contributed by atoms with E-state index in [1.807, 2.05) is 0 Å². The summed E-state index contributed by atoms with van der Waals surface area (Å²) < 4.78 is 11.8. The summed E-state index contributed by atoms with van der Waals surface area (Å²) in [5.74, 6) is 0. The molecule has 0 amide bonds. The van der Waals surface area contributed by atoms with Crippen LogP contribution in [0.25, 0.3) is 0 Å². The Hall–Kier alpha value is -0.160. The number of nitrogens with two attached hydrogens (primary N) is 1. The number of nitrogens with zero attached hydrogens (tertiary/aromatic N) is 1. The third kappa shape index (κ3) is 2.89. The maximum atomic E-state index is 6.70. The highest BCUT2D eigenvalue weighted by Crippen LogP contribution is 2.50. The fraction of sp³-hybridized carbons (Fsp3) is 1.00. The molecule has 4 heteroatoms. The van der Waals surface area contributed by atoms with E-state index < -0.39 is 0 Å².